The van der Waals surface area contributed by atoms with Crippen molar-refractivity contribution in [3.05, 3.63) is 58.1 Å². The topological polar surface area (TPSA) is 116 Å². The first-order chi connectivity index (χ1) is 12.9. The van der Waals surface area contributed by atoms with Gasteiger partial charge in [-0.05, 0) is 29.5 Å². The highest BCUT2D eigenvalue weighted by Crippen LogP contribution is 2.27. The lowest BCUT2D eigenvalue weighted by Gasteiger charge is -2.12. The number of aliphatic hydroxyl groups is 1. The second-order valence-electron chi connectivity index (χ2n) is 5.65. The number of nitrogens with zero attached hydrogens (tertiary/aromatic N) is 4. The molecule has 1 amide bonds. The summed E-state index contributed by atoms with van der Waals surface area (Å²) >= 11 is 11.9. The molecular formula is C17H15Cl2N5O3. The highest BCUT2D eigenvalue weighted by atomic mass is 35.5. The summed E-state index contributed by atoms with van der Waals surface area (Å²) in [6.07, 6.45) is -0.890. The molecule has 8 nitrogen and oxygen atoms in total. The molecule has 1 heterocycles. The van der Waals surface area contributed by atoms with E-state index in [1.807, 2.05) is 0 Å². The summed E-state index contributed by atoms with van der Waals surface area (Å²) in [7, 11) is 0. The fourth-order valence-electron chi connectivity index (χ4n) is 2.23. The van der Waals surface area contributed by atoms with E-state index in [0.717, 1.165) is 0 Å². The number of ether oxygens (including phenoxy) is 1. The minimum absolute atomic E-state index is 0.0236. The van der Waals surface area contributed by atoms with Gasteiger partial charge in [-0.3, -0.25) is 4.79 Å². The summed E-state index contributed by atoms with van der Waals surface area (Å²) in [6, 6.07) is 11.3. The van der Waals surface area contributed by atoms with E-state index in [1.165, 1.54) is 4.80 Å². The van der Waals surface area contributed by atoms with Crippen molar-refractivity contribution in [1.82, 2.24) is 20.2 Å². The highest BCUT2D eigenvalue weighted by Gasteiger charge is 2.13. The first kappa shape index (κ1) is 19.1. The zero-order valence-electron chi connectivity index (χ0n) is 13.9. The van der Waals surface area contributed by atoms with Gasteiger partial charge in [0.05, 0.1) is 11.6 Å². The highest BCUT2D eigenvalue weighted by molar-refractivity contribution is 6.34. The number of benzene rings is 2. The Morgan fingerprint density at radius 2 is 1.96 bits per heavy atom. The van der Waals surface area contributed by atoms with Gasteiger partial charge in [0.15, 0.2) is 0 Å². The first-order valence-electron chi connectivity index (χ1n) is 7.86. The molecule has 3 N–H and O–H groups in total. The van der Waals surface area contributed by atoms with Gasteiger partial charge >= 0.3 is 0 Å². The number of nitrogens with two attached hydrogens (primary N) is 1. The Hall–Kier alpha value is -2.68. The Morgan fingerprint density at radius 3 is 2.67 bits per heavy atom. The predicted octanol–water partition coefficient (Wildman–Crippen LogP) is 2.19. The maximum absolute atomic E-state index is 11.1. The lowest BCUT2D eigenvalue weighted by atomic mass is 10.1. The number of primary amides is 1. The smallest absolute Gasteiger partial charge is 0.248 e. The van der Waals surface area contributed by atoms with Crippen molar-refractivity contribution in [2.45, 2.75) is 12.6 Å². The molecule has 0 aliphatic rings. The zero-order chi connectivity index (χ0) is 19.4. The molecule has 27 heavy (non-hydrogen) atoms. The summed E-state index contributed by atoms with van der Waals surface area (Å²) in [5.41, 5.74) is 6.26. The number of halogens is 2. The van der Waals surface area contributed by atoms with Crippen LogP contribution in [0, 0.1) is 0 Å². The van der Waals surface area contributed by atoms with Gasteiger partial charge in [0.1, 0.15) is 18.5 Å². The van der Waals surface area contributed by atoms with Crippen LogP contribution in [0.4, 0.5) is 0 Å². The van der Waals surface area contributed by atoms with Crippen LogP contribution in [-0.2, 0) is 6.54 Å². The normalized spacial score (nSPS) is 12.0. The van der Waals surface area contributed by atoms with Gasteiger partial charge in [-0.15, -0.1) is 10.2 Å². The molecule has 10 heteroatoms. The molecule has 0 bridgehead atoms. The van der Waals surface area contributed by atoms with E-state index in [2.05, 4.69) is 15.4 Å². The number of carbonyl (C=O) groups excluding carboxylic acids is 1. The number of aromatic nitrogens is 4. The molecule has 2 aromatic carbocycles. The second kappa shape index (κ2) is 8.34. The summed E-state index contributed by atoms with van der Waals surface area (Å²) in [4.78, 5) is 12.4. The summed E-state index contributed by atoms with van der Waals surface area (Å²) in [6.45, 7) is 0.0504. The predicted molar refractivity (Wildman–Crippen MR) is 99.7 cm³/mol. The molecule has 3 rings (SSSR count). The van der Waals surface area contributed by atoms with E-state index >= 15 is 0 Å². The van der Waals surface area contributed by atoms with Gasteiger partial charge < -0.3 is 15.6 Å². The van der Waals surface area contributed by atoms with Crippen molar-refractivity contribution < 1.29 is 14.6 Å². The molecule has 0 aliphatic carbocycles. The fraction of sp³-hybridized carbons (Fsp3) is 0.176. The number of carbonyl (C=O) groups is 1. The van der Waals surface area contributed by atoms with Gasteiger partial charge in [0.25, 0.3) is 0 Å². The van der Waals surface area contributed by atoms with Gasteiger partial charge in [0.2, 0.25) is 11.7 Å². The van der Waals surface area contributed by atoms with E-state index < -0.39 is 12.0 Å². The average Bonchev–Trinajstić information content (AvgIpc) is 3.11. The van der Waals surface area contributed by atoms with E-state index in [0.29, 0.717) is 32.7 Å². The quantitative estimate of drug-likeness (QED) is 0.619. The molecular weight excluding hydrogens is 393 g/mol. The Morgan fingerprint density at radius 1 is 1.22 bits per heavy atom. The molecule has 1 aromatic heterocycles. The van der Waals surface area contributed by atoms with Crippen LogP contribution in [0.1, 0.15) is 10.4 Å². The molecule has 0 radical (unpaired) electrons. The van der Waals surface area contributed by atoms with Crippen molar-refractivity contribution in [1.29, 1.82) is 0 Å². The molecule has 140 valence electrons. The van der Waals surface area contributed by atoms with Crippen LogP contribution in [0.5, 0.6) is 5.75 Å². The van der Waals surface area contributed by atoms with Gasteiger partial charge in [-0.1, -0.05) is 35.3 Å². The molecule has 0 unspecified atom stereocenters. The van der Waals surface area contributed by atoms with Crippen molar-refractivity contribution in [3.8, 4) is 17.1 Å². The van der Waals surface area contributed by atoms with Crippen LogP contribution in [0.3, 0.4) is 0 Å². The Bertz CT molecular complexity index is 946. The maximum Gasteiger partial charge on any atom is 0.248 e. The minimum Gasteiger partial charge on any atom is -0.489 e. The van der Waals surface area contributed by atoms with E-state index in [4.69, 9.17) is 33.7 Å². The van der Waals surface area contributed by atoms with Crippen LogP contribution in [0.2, 0.25) is 10.0 Å². The average molecular weight is 408 g/mol. The van der Waals surface area contributed by atoms with E-state index in [-0.39, 0.29) is 13.2 Å². The van der Waals surface area contributed by atoms with Crippen molar-refractivity contribution >= 4 is 29.1 Å². The number of hydrogen-bond donors (Lipinski definition) is 2. The number of rotatable bonds is 7. The number of aliphatic hydroxyl groups excluding tert-OH is 1. The van der Waals surface area contributed by atoms with Crippen molar-refractivity contribution in [2.24, 2.45) is 5.73 Å². The maximum atomic E-state index is 11.1. The second-order valence-corrected chi connectivity index (χ2v) is 6.49. The number of tetrazole rings is 1. The number of hydrogen-bond acceptors (Lipinski definition) is 6. The fourth-order valence-corrected chi connectivity index (χ4v) is 2.57. The van der Waals surface area contributed by atoms with Crippen molar-refractivity contribution in [3.63, 3.8) is 0 Å². The third-order valence-corrected chi connectivity index (χ3v) is 4.13. The van der Waals surface area contributed by atoms with Gasteiger partial charge in [-0.2, -0.15) is 4.80 Å². The van der Waals surface area contributed by atoms with Crippen LogP contribution in [0.25, 0.3) is 11.4 Å². The molecule has 0 saturated heterocycles. The van der Waals surface area contributed by atoms with E-state index in [9.17, 15) is 9.90 Å². The van der Waals surface area contributed by atoms with Gasteiger partial charge in [-0.25, -0.2) is 0 Å². The number of amides is 1. The third kappa shape index (κ3) is 4.94. The first-order valence-corrected chi connectivity index (χ1v) is 8.62. The Kier molecular flexibility index (Phi) is 5.90. The van der Waals surface area contributed by atoms with Crippen LogP contribution < -0.4 is 10.5 Å². The largest absolute Gasteiger partial charge is 0.489 e. The molecule has 0 aliphatic heterocycles. The lowest BCUT2D eigenvalue weighted by Crippen LogP contribution is -2.25. The Balaban J connectivity index is 1.59. The summed E-state index contributed by atoms with van der Waals surface area (Å²) in [5, 5.41) is 23.0. The minimum atomic E-state index is -0.890. The van der Waals surface area contributed by atoms with Crippen molar-refractivity contribution in [2.75, 3.05) is 6.61 Å². The Labute approximate surface area is 164 Å². The molecule has 0 fully saturated rings. The summed E-state index contributed by atoms with van der Waals surface area (Å²) < 4.78 is 5.48. The monoisotopic (exact) mass is 407 g/mol. The molecule has 3 aromatic rings. The van der Waals surface area contributed by atoms with Crippen LogP contribution >= 0.6 is 23.2 Å². The van der Waals surface area contributed by atoms with Crippen LogP contribution in [-0.4, -0.2) is 43.9 Å². The summed E-state index contributed by atoms with van der Waals surface area (Å²) in [5.74, 6) is 0.225. The molecule has 1 atom stereocenters. The zero-order valence-corrected chi connectivity index (χ0v) is 15.4. The van der Waals surface area contributed by atoms with Gasteiger partial charge in [0, 0.05) is 22.2 Å². The standard InChI is InChI=1S/C17H15Cl2N5O3/c18-12-5-6-14(19)15(7-12)27-9-13(25)8-24-22-17(21-23-24)11-3-1-10(2-4-11)16(20)26/h1-7,13,25H,8-9H2,(H2,20,26)/t13-/m1/s1. The molecule has 0 spiro atoms. The van der Waals surface area contributed by atoms with E-state index in [1.54, 1.807) is 42.5 Å². The SMILES string of the molecule is NC(=O)c1ccc(-c2nnn(C[C@@H](O)COc3cc(Cl)ccc3Cl)n2)cc1. The van der Waals surface area contributed by atoms with Crippen LogP contribution in [0.15, 0.2) is 42.5 Å². The third-order valence-electron chi connectivity index (χ3n) is 3.58. The molecule has 0 saturated carbocycles. The lowest BCUT2D eigenvalue weighted by molar-refractivity contribution is 0.0850.